The van der Waals surface area contributed by atoms with Crippen molar-refractivity contribution in [3.8, 4) is 0 Å². The van der Waals surface area contributed by atoms with Gasteiger partial charge in [-0.2, -0.15) is 0 Å². The van der Waals surface area contributed by atoms with Crippen molar-refractivity contribution in [2.75, 3.05) is 23.0 Å². The third kappa shape index (κ3) is 4.95. The molecule has 130 valence electrons. The van der Waals surface area contributed by atoms with Crippen molar-refractivity contribution in [2.45, 2.75) is 6.92 Å². The van der Waals surface area contributed by atoms with Crippen molar-refractivity contribution < 1.29 is 19.1 Å². The summed E-state index contributed by atoms with van der Waals surface area (Å²) in [6, 6.07) is 10.5. The van der Waals surface area contributed by atoms with Gasteiger partial charge in [-0.15, -0.1) is 0 Å². The monoisotopic (exact) mass is 361 g/mol. The molecule has 25 heavy (non-hydrogen) atoms. The zero-order chi connectivity index (χ0) is 18.4. The molecule has 0 saturated heterocycles. The lowest BCUT2D eigenvalue weighted by Crippen LogP contribution is -2.29. The Kier molecular flexibility index (Phi) is 5.97. The predicted octanol–water partition coefficient (Wildman–Crippen LogP) is 2.68. The van der Waals surface area contributed by atoms with Gasteiger partial charge in [0.1, 0.15) is 0 Å². The molecule has 2 aromatic rings. The van der Waals surface area contributed by atoms with E-state index in [0.717, 1.165) is 0 Å². The molecule has 2 aromatic carbocycles. The number of benzene rings is 2. The standard InChI is InChI=1S/C17H16ClN3O4/c1-2-25-17(24)10-3-5-11(6-4-10)20-15(22)16(23)21-12-7-8-14(19)13(18)9-12/h3-9H,2,19H2,1H3,(H,20,22)(H,21,23). The first-order chi connectivity index (χ1) is 11.9. The van der Waals surface area contributed by atoms with E-state index in [2.05, 4.69) is 10.6 Å². The quantitative estimate of drug-likeness (QED) is 0.440. The summed E-state index contributed by atoms with van der Waals surface area (Å²) >= 11 is 5.85. The highest BCUT2D eigenvalue weighted by atomic mass is 35.5. The van der Waals surface area contributed by atoms with Crippen LogP contribution in [0.4, 0.5) is 17.1 Å². The molecule has 2 rings (SSSR count). The number of carbonyl (C=O) groups excluding carboxylic acids is 3. The van der Waals surface area contributed by atoms with Crippen LogP contribution in [-0.4, -0.2) is 24.4 Å². The molecule has 7 nitrogen and oxygen atoms in total. The lowest BCUT2D eigenvalue weighted by Gasteiger charge is -2.08. The molecule has 0 radical (unpaired) electrons. The van der Waals surface area contributed by atoms with Gasteiger partial charge in [-0.1, -0.05) is 11.6 Å². The summed E-state index contributed by atoms with van der Waals surface area (Å²) in [7, 11) is 0. The molecule has 0 aromatic heterocycles. The second-order valence-corrected chi connectivity index (χ2v) is 5.35. The normalized spacial score (nSPS) is 10.0. The van der Waals surface area contributed by atoms with Crippen LogP contribution in [0.3, 0.4) is 0 Å². The van der Waals surface area contributed by atoms with Crippen molar-refractivity contribution in [3.63, 3.8) is 0 Å². The average Bonchev–Trinajstić information content (AvgIpc) is 2.59. The zero-order valence-electron chi connectivity index (χ0n) is 13.3. The smallest absolute Gasteiger partial charge is 0.338 e. The molecular formula is C17H16ClN3O4. The van der Waals surface area contributed by atoms with Crippen LogP contribution >= 0.6 is 11.6 Å². The van der Waals surface area contributed by atoms with Gasteiger partial charge >= 0.3 is 17.8 Å². The van der Waals surface area contributed by atoms with Crippen molar-refractivity contribution in [1.82, 2.24) is 0 Å². The molecule has 0 fully saturated rings. The fraction of sp³-hybridized carbons (Fsp3) is 0.118. The second-order valence-electron chi connectivity index (χ2n) is 4.94. The topological polar surface area (TPSA) is 111 Å². The molecule has 0 heterocycles. The number of ether oxygens (including phenoxy) is 1. The highest BCUT2D eigenvalue weighted by Crippen LogP contribution is 2.22. The van der Waals surface area contributed by atoms with Crippen LogP contribution in [0.5, 0.6) is 0 Å². The van der Waals surface area contributed by atoms with Crippen LogP contribution in [0.15, 0.2) is 42.5 Å². The van der Waals surface area contributed by atoms with Gasteiger partial charge in [0.2, 0.25) is 0 Å². The third-order valence-electron chi connectivity index (χ3n) is 3.12. The van der Waals surface area contributed by atoms with Gasteiger partial charge in [-0.05, 0) is 49.4 Å². The predicted molar refractivity (Wildman–Crippen MR) is 95.5 cm³/mol. The van der Waals surface area contributed by atoms with E-state index in [9.17, 15) is 14.4 Å². The molecule has 0 aliphatic rings. The average molecular weight is 362 g/mol. The minimum absolute atomic E-state index is 0.270. The number of anilines is 3. The van der Waals surface area contributed by atoms with E-state index in [1.165, 1.54) is 42.5 Å². The highest BCUT2D eigenvalue weighted by Gasteiger charge is 2.15. The first-order valence-corrected chi connectivity index (χ1v) is 7.73. The highest BCUT2D eigenvalue weighted by molar-refractivity contribution is 6.43. The molecule has 0 aliphatic carbocycles. The first kappa shape index (κ1) is 18.3. The Morgan fingerprint density at radius 1 is 1.00 bits per heavy atom. The summed E-state index contributed by atoms with van der Waals surface area (Å²) in [4.78, 5) is 35.4. The van der Waals surface area contributed by atoms with Gasteiger partial charge in [-0.3, -0.25) is 9.59 Å². The van der Waals surface area contributed by atoms with Crippen LogP contribution in [0.2, 0.25) is 5.02 Å². The minimum Gasteiger partial charge on any atom is -0.462 e. The maximum absolute atomic E-state index is 11.9. The fourth-order valence-electron chi connectivity index (χ4n) is 1.88. The summed E-state index contributed by atoms with van der Waals surface area (Å²) in [6.45, 7) is 1.98. The Morgan fingerprint density at radius 3 is 2.12 bits per heavy atom. The van der Waals surface area contributed by atoms with E-state index < -0.39 is 17.8 Å². The van der Waals surface area contributed by atoms with Gasteiger partial charge < -0.3 is 21.1 Å². The Hall–Kier alpha value is -3.06. The number of nitrogens with one attached hydrogen (secondary N) is 2. The van der Waals surface area contributed by atoms with Gasteiger partial charge in [0.15, 0.2) is 0 Å². The lowest BCUT2D eigenvalue weighted by atomic mass is 10.2. The van der Waals surface area contributed by atoms with E-state index >= 15 is 0 Å². The molecular weight excluding hydrogens is 346 g/mol. The zero-order valence-corrected chi connectivity index (χ0v) is 14.1. The summed E-state index contributed by atoms with van der Waals surface area (Å²) in [5.74, 6) is -2.19. The fourth-order valence-corrected chi connectivity index (χ4v) is 2.07. The van der Waals surface area contributed by atoms with Crippen molar-refractivity contribution >= 4 is 46.4 Å². The molecule has 4 N–H and O–H groups in total. The lowest BCUT2D eigenvalue weighted by molar-refractivity contribution is -0.132. The van der Waals surface area contributed by atoms with Crippen LogP contribution in [-0.2, 0) is 14.3 Å². The Labute approximate surface area is 149 Å². The maximum Gasteiger partial charge on any atom is 0.338 e. The van der Waals surface area contributed by atoms with Crippen LogP contribution in [0, 0.1) is 0 Å². The van der Waals surface area contributed by atoms with Gasteiger partial charge in [-0.25, -0.2) is 4.79 Å². The van der Waals surface area contributed by atoms with Crippen molar-refractivity contribution in [2.24, 2.45) is 0 Å². The molecule has 0 saturated carbocycles. The number of nitrogen functional groups attached to an aromatic ring is 1. The first-order valence-electron chi connectivity index (χ1n) is 7.35. The SMILES string of the molecule is CCOC(=O)c1ccc(NC(=O)C(=O)Nc2ccc(N)c(Cl)c2)cc1. The molecule has 0 unspecified atom stereocenters. The molecule has 0 aliphatic heterocycles. The van der Waals surface area contributed by atoms with E-state index in [0.29, 0.717) is 22.6 Å². The van der Waals surface area contributed by atoms with Crippen molar-refractivity contribution in [3.05, 3.63) is 53.1 Å². The summed E-state index contributed by atoms with van der Waals surface area (Å²) in [6.07, 6.45) is 0. The second kappa shape index (κ2) is 8.16. The summed E-state index contributed by atoms with van der Waals surface area (Å²) < 4.78 is 4.86. The third-order valence-corrected chi connectivity index (χ3v) is 3.45. The molecule has 8 heteroatoms. The largest absolute Gasteiger partial charge is 0.462 e. The van der Waals surface area contributed by atoms with E-state index in [1.807, 2.05) is 0 Å². The van der Waals surface area contributed by atoms with Crippen LogP contribution in [0.1, 0.15) is 17.3 Å². The number of esters is 1. The van der Waals surface area contributed by atoms with Gasteiger partial charge in [0.05, 0.1) is 22.9 Å². The Morgan fingerprint density at radius 2 is 1.56 bits per heavy atom. The maximum atomic E-state index is 11.9. The van der Waals surface area contributed by atoms with E-state index in [-0.39, 0.29) is 11.6 Å². The van der Waals surface area contributed by atoms with E-state index in [1.54, 1.807) is 6.92 Å². The summed E-state index contributed by atoms with van der Waals surface area (Å²) in [5, 5.41) is 5.11. The molecule has 0 spiro atoms. The molecule has 0 bridgehead atoms. The number of nitrogens with two attached hydrogens (primary N) is 1. The van der Waals surface area contributed by atoms with Crippen LogP contribution < -0.4 is 16.4 Å². The summed E-state index contributed by atoms with van der Waals surface area (Å²) in [5.41, 5.74) is 7.00. The number of hydrogen-bond donors (Lipinski definition) is 3. The number of rotatable bonds is 4. The van der Waals surface area contributed by atoms with E-state index in [4.69, 9.17) is 22.1 Å². The molecule has 2 amide bonds. The van der Waals surface area contributed by atoms with Crippen LogP contribution in [0.25, 0.3) is 0 Å². The number of halogens is 1. The minimum atomic E-state index is -0.865. The van der Waals surface area contributed by atoms with Gasteiger partial charge in [0.25, 0.3) is 0 Å². The number of carbonyl (C=O) groups is 3. The molecule has 0 atom stereocenters. The van der Waals surface area contributed by atoms with Gasteiger partial charge in [0, 0.05) is 11.4 Å². The number of amides is 2. The Balaban J connectivity index is 1.97. The Bertz CT molecular complexity index is 806. The van der Waals surface area contributed by atoms with Crippen molar-refractivity contribution in [1.29, 1.82) is 0 Å². The number of hydrogen-bond acceptors (Lipinski definition) is 5.